The van der Waals surface area contributed by atoms with Crippen molar-refractivity contribution >= 4 is 17.5 Å². The maximum Gasteiger partial charge on any atom is 0.220 e. The summed E-state index contributed by atoms with van der Waals surface area (Å²) in [5.41, 5.74) is 1.17. The molecule has 2 nitrogen and oxygen atoms in total. The number of amides is 1. The zero-order valence-corrected chi connectivity index (χ0v) is 11.8. The van der Waals surface area contributed by atoms with Crippen LogP contribution in [0.25, 0.3) is 0 Å². The molecule has 2 saturated carbocycles. The van der Waals surface area contributed by atoms with Crippen molar-refractivity contribution < 1.29 is 4.79 Å². The Labute approximate surface area is 119 Å². The van der Waals surface area contributed by atoms with E-state index in [4.69, 9.17) is 11.6 Å². The standard InChI is InChI=1S/C16H20ClNO/c17-14-6-2-11(3-7-14)4-8-16(19)18-15-10-12-1-5-13(15)9-12/h2-3,6-7,12-13,15H,1,4-5,8-10H2,(H,18,19)/t12-,13-,15-/m0/s1. The van der Waals surface area contributed by atoms with E-state index < -0.39 is 0 Å². The SMILES string of the molecule is O=C(CCc1ccc(Cl)cc1)N[C@H]1C[C@H]2CC[C@H]1C2. The molecular formula is C16H20ClNO. The average molecular weight is 278 g/mol. The summed E-state index contributed by atoms with van der Waals surface area (Å²) in [6, 6.07) is 8.20. The quantitative estimate of drug-likeness (QED) is 0.895. The first-order valence-electron chi connectivity index (χ1n) is 7.24. The number of nitrogens with one attached hydrogen (secondary N) is 1. The van der Waals surface area contributed by atoms with Crippen LogP contribution in [0, 0.1) is 11.8 Å². The van der Waals surface area contributed by atoms with Gasteiger partial charge in [0.05, 0.1) is 0 Å². The van der Waals surface area contributed by atoms with Crippen LogP contribution in [0.4, 0.5) is 0 Å². The monoisotopic (exact) mass is 277 g/mol. The minimum absolute atomic E-state index is 0.201. The van der Waals surface area contributed by atoms with Gasteiger partial charge in [0.1, 0.15) is 0 Å². The first-order valence-corrected chi connectivity index (χ1v) is 7.62. The number of rotatable bonds is 4. The highest BCUT2D eigenvalue weighted by Crippen LogP contribution is 2.44. The molecule has 3 heteroatoms. The van der Waals surface area contributed by atoms with Crippen LogP contribution in [0.3, 0.4) is 0 Å². The van der Waals surface area contributed by atoms with Crippen molar-refractivity contribution in [2.24, 2.45) is 11.8 Å². The second-order valence-corrected chi connectivity index (χ2v) is 6.41. The molecule has 3 rings (SSSR count). The first-order chi connectivity index (χ1) is 9.20. The molecule has 1 N–H and O–H groups in total. The number of halogens is 1. The van der Waals surface area contributed by atoms with E-state index in [1.54, 1.807) is 0 Å². The molecule has 0 spiro atoms. The molecule has 2 aliphatic carbocycles. The molecule has 1 amide bonds. The fraction of sp³-hybridized carbons (Fsp3) is 0.562. The molecule has 1 aromatic rings. The van der Waals surface area contributed by atoms with Crippen molar-refractivity contribution in [1.29, 1.82) is 0 Å². The Hall–Kier alpha value is -1.02. The second kappa shape index (κ2) is 5.54. The van der Waals surface area contributed by atoms with Crippen molar-refractivity contribution in [3.05, 3.63) is 34.9 Å². The smallest absolute Gasteiger partial charge is 0.220 e. The predicted octanol–water partition coefficient (Wildman–Crippen LogP) is 3.58. The molecule has 0 aromatic heterocycles. The molecule has 0 unspecified atom stereocenters. The van der Waals surface area contributed by atoms with Crippen molar-refractivity contribution in [1.82, 2.24) is 5.32 Å². The molecule has 102 valence electrons. The summed E-state index contributed by atoms with van der Waals surface area (Å²) >= 11 is 5.84. The highest BCUT2D eigenvalue weighted by molar-refractivity contribution is 6.30. The molecule has 3 atom stereocenters. The van der Waals surface area contributed by atoms with Gasteiger partial charge in [-0.25, -0.2) is 0 Å². The highest BCUT2D eigenvalue weighted by Gasteiger charge is 2.39. The Bertz CT molecular complexity index is 456. The Morgan fingerprint density at radius 3 is 2.63 bits per heavy atom. The van der Waals surface area contributed by atoms with Crippen LogP contribution in [0.2, 0.25) is 5.02 Å². The van der Waals surface area contributed by atoms with E-state index >= 15 is 0 Å². The average Bonchev–Trinajstić information content (AvgIpc) is 3.00. The van der Waals surface area contributed by atoms with Gasteiger partial charge in [0.2, 0.25) is 5.91 Å². The van der Waals surface area contributed by atoms with Gasteiger partial charge in [-0.1, -0.05) is 30.2 Å². The molecule has 0 saturated heterocycles. The normalized spacial score (nSPS) is 28.6. The summed E-state index contributed by atoms with van der Waals surface area (Å²) in [6.07, 6.45) is 6.60. The fourth-order valence-corrected chi connectivity index (χ4v) is 3.74. The van der Waals surface area contributed by atoms with Gasteiger partial charge < -0.3 is 5.32 Å². The third-order valence-corrected chi connectivity index (χ3v) is 4.89. The fourth-order valence-electron chi connectivity index (χ4n) is 3.61. The van der Waals surface area contributed by atoms with Gasteiger partial charge in [-0.3, -0.25) is 4.79 Å². The van der Waals surface area contributed by atoms with Crippen molar-refractivity contribution in [2.45, 2.75) is 44.6 Å². The minimum atomic E-state index is 0.201. The summed E-state index contributed by atoms with van der Waals surface area (Å²) in [4.78, 5) is 12.0. The van der Waals surface area contributed by atoms with Gasteiger partial charge in [-0.05, 0) is 55.2 Å². The lowest BCUT2D eigenvalue weighted by Gasteiger charge is -2.22. The Morgan fingerprint density at radius 1 is 1.21 bits per heavy atom. The van der Waals surface area contributed by atoms with Gasteiger partial charge in [-0.2, -0.15) is 0 Å². The Morgan fingerprint density at radius 2 is 2.00 bits per heavy atom. The summed E-state index contributed by atoms with van der Waals surface area (Å²) in [5, 5.41) is 3.97. The third-order valence-electron chi connectivity index (χ3n) is 4.64. The predicted molar refractivity (Wildman–Crippen MR) is 77.2 cm³/mol. The van der Waals surface area contributed by atoms with E-state index in [9.17, 15) is 4.79 Å². The maximum absolute atomic E-state index is 12.0. The Balaban J connectivity index is 1.45. The summed E-state index contributed by atoms with van der Waals surface area (Å²) in [7, 11) is 0. The maximum atomic E-state index is 12.0. The van der Waals surface area contributed by atoms with E-state index in [0.717, 1.165) is 23.3 Å². The van der Waals surface area contributed by atoms with Crippen molar-refractivity contribution in [3.63, 3.8) is 0 Å². The molecule has 2 bridgehead atoms. The van der Waals surface area contributed by atoms with Crippen molar-refractivity contribution in [2.75, 3.05) is 0 Å². The van der Waals surface area contributed by atoms with Gasteiger partial charge in [0, 0.05) is 17.5 Å². The van der Waals surface area contributed by atoms with Gasteiger partial charge >= 0.3 is 0 Å². The second-order valence-electron chi connectivity index (χ2n) is 5.98. The molecule has 19 heavy (non-hydrogen) atoms. The molecule has 0 radical (unpaired) electrons. The van der Waals surface area contributed by atoms with E-state index in [0.29, 0.717) is 12.5 Å². The van der Waals surface area contributed by atoms with Crippen molar-refractivity contribution in [3.8, 4) is 0 Å². The lowest BCUT2D eigenvalue weighted by Crippen LogP contribution is -2.38. The van der Waals surface area contributed by atoms with E-state index in [1.807, 2.05) is 24.3 Å². The molecule has 0 heterocycles. The molecular weight excluding hydrogens is 258 g/mol. The van der Waals surface area contributed by atoms with Crippen LogP contribution >= 0.6 is 11.6 Å². The number of hydrogen-bond acceptors (Lipinski definition) is 1. The number of hydrogen-bond donors (Lipinski definition) is 1. The minimum Gasteiger partial charge on any atom is -0.353 e. The van der Waals surface area contributed by atoms with Crippen LogP contribution in [0.1, 0.15) is 37.7 Å². The molecule has 2 fully saturated rings. The number of aryl methyl sites for hydroxylation is 1. The van der Waals surface area contributed by atoms with Crippen LogP contribution in [0.15, 0.2) is 24.3 Å². The molecule has 0 aliphatic heterocycles. The zero-order valence-electron chi connectivity index (χ0n) is 11.1. The zero-order chi connectivity index (χ0) is 13.2. The highest BCUT2D eigenvalue weighted by atomic mass is 35.5. The Kier molecular flexibility index (Phi) is 3.79. The summed E-state index contributed by atoms with van der Waals surface area (Å²) < 4.78 is 0. The lowest BCUT2D eigenvalue weighted by atomic mass is 9.95. The van der Waals surface area contributed by atoms with E-state index in [1.165, 1.54) is 31.2 Å². The largest absolute Gasteiger partial charge is 0.353 e. The van der Waals surface area contributed by atoms with Crippen LogP contribution < -0.4 is 5.32 Å². The van der Waals surface area contributed by atoms with Crippen LogP contribution in [0.5, 0.6) is 0 Å². The number of benzene rings is 1. The van der Waals surface area contributed by atoms with Gasteiger partial charge in [-0.15, -0.1) is 0 Å². The van der Waals surface area contributed by atoms with Crippen LogP contribution in [-0.4, -0.2) is 11.9 Å². The first kappa shape index (κ1) is 13.0. The number of carbonyl (C=O) groups excluding carboxylic acids is 1. The topological polar surface area (TPSA) is 29.1 Å². The van der Waals surface area contributed by atoms with E-state index in [-0.39, 0.29) is 5.91 Å². The summed E-state index contributed by atoms with van der Waals surface area (Å²) in [6.45, 7) is 0. The third kappa shape index (κ3) is 3.11. The number of carbonyl (C=O) groups is 1. The summed E-state index contributed by atoms with van der Waals surface area (Å²) in [5.74, 6) is 1.84. The molecule has 1 aromatic carbocycles. The van der Waals surface area contributed by atoms with Gasteiger partial charge in [0.25, 0.3) is 0 Å². The van der Waals surface area contributed by atoms with Crippen LogP contribution in [-0.2, 0) is 11.2 Å². The molecule has 2 aliphatic rings. The van der Waals surface area contributed by atoms with Gasteiger partial charge in [0.15, 0.2) is 0 Å². The van der Waals surface area contributed by atoms with E-state index in [2.05, 4.69) is 5.32 Å². The number of fused-ring (bicyclic) bond motifs is 2. The lowest BCUT2D eigenvalue weighted by molar-refractivity contribution is -0.122.